The lowest BCUT2D eigenvalue weighted by molar-refractivity contribution is 0.352. The Morgan fingerprint density at radius 3 is 3.11 bits per heavy atom. The molecular formula is C14H16ClN3O. The molecule has 1 aromatic heterocycles. The summed E-state index contributed by atoms with van der Waals surface area (Å²) in [5.74, 6) is 1.92. The van der Waals surface area contributed by atoms with E-state index in [1.54, 1.807) is 0 Å². The minimum atomic E-state index is 0.477. The molecule has 1 aliphatic heterocycles. The van der Waals surface area contributed by atoms with Crippen LogP contribution in [0.3, 0.4) is 0 Å². The summed E-state index contributed by atoms with van der Waals surface area (Å²) >= 11 is 6.18. The van der Waals surface area contributed by atoms with Gasteiger partial charge in [-0.15, -0.1) is 0 Å². The van der Waals surface area contributed by atoms with Crippen molar-refractivity contribution in [3.8, 4) is 5.75 Å². The van der Waals surface area contributed by atoms with Gasteiger partial charge in [0.2, 0.25) is 0 Å². The number of aryl methyl sites for hydroxylation is 1. The van der Waals surface area contributed by atoms with Crippen molar-refractivity contribution in [2.75, 3.05) is 6.61 Å². The van der Waals surface area contributed by atoms with E-state index in [2.05, 4.69) is 9.55 Å². The van der Waals surface area contributed by atoms with E-state index in [4.69, 9.17) is 22.1 Å². The predicted molar refractivity (Wildman–Crippen MR) is 74.6 cm³/mol. The fourth-order valence-electron chi connectivity index (χ4n) is 2.53. The Morgan fingerprint density at radius 1 is 1.47 bits per heavy atom. The minimum absolute atomic E-state index is 0.477. The Hall–Kier alpha value is -1.52. The summed E-state index contributed by atoms with van der Waals surface area (Å²) in [5.41, 5.74) is 9.04. The van der Waals surface area contributed by atoms with Crippen molar-refractivity contribution in [2.24, 2.45) is 5.73 Å². The molecule has 0 fully saturated rings. The first-order valence-electron chi connectivity index (χ1n) is 6.34. The third-order valence-corrected chi connectivity index (χ3v) is 3.72. The summed E-state index contributed by atoms with van der Waals surface area (Å²) in [6.45, 7) is 3.88. The lowest BCUT2D eigenvalue weighted by atomic mass is 10.1. The summed E-state index contributed by atoms with van der Waals surface area (Å²) in [4.78, 5) is 4.31. The molecule has 0 unspecified atom stereocenters. The second-order valence-corrected chi connectivity index (χ2v) is 5.18. The first-order chi connectivity index (χ1) is 9.19. The van der Waals surface area contributed by atoms with E-state index >= 15 is 0 Å². The molecule has 0 saturated heterocycles. The zero-order chi connectivity index (χ0) is 13.4. The van der Waals surface area contributed by atoms with Crippen LogP contribution in [0.15, 0.2) is 18.3 Å². The molecular weight excluding hydrogens is 262 g/mol. The van der Waals surface area contributed by atoms with Gasteiger partial charge >= 0.3 is 0 Å². The largest absolute Gasteiger partial charge is 0.493 e. The van der Waals surface area contributed by atoms with Crippen LogP contribution in [0.2, 0.25) is 5.02 Å². The van der Waals surface area contributed by atoms with Gasteiger partial charge in [-0.1, -0.05) is 11.6 Å². The number of nitrogens with zero attached hydrogens (tertiary/aromatic N) is 2. The van der Waals surface area contributed by atoms with E-state index in [9.17, 15) is 0 Å². The van der Waals surface area contributed by atoms with Gasteiger partial charge in [0.05, 0.1) is 18.8 Å². The van der Waals surface area contributed by atoms with Gasteiger partial charge in [0.15, 0.2) is 0 Å². The van der Waals surface area contributed by atoms with Gasteiger partial charge in [0, 0.05) is 29.7 Å². The molecule has 3 rings (SSSR count). The van der Waals surface area contributed by atoms with Gasteiger partial charge in [-0.05, 0) is 24.6 Å². The maximum absolute atomic E-state index is 6.18. The van der Waals surface area contributed by atoms with Crippen molar-refractivity contribution in [2.45, 2.75) is 26.4 Å². The molecule has 4 nitrogen and oxygen atoms in total. The van der Waals surface area contributed by atoms with Crippen LogP contribution in [-0.4, -0.2) is 16.2 Å². The van der Waals surface area contributed by atoms with Gasteiger partial charge in [0.25, 0.3) is 0 Å². The second kappa shape index (κ2) is 4.87. The van der Waals surface area contributed by atoms with Crippen LogP contribution in [0.1, 0.15) is 22.6 Å². The second-order valence-electron chi connectivity index (χ2n) is 4.74. The number of rotatable bonds is 3. The number of fused-ring (bicyclic) bond motifs is 1. The standard InChI is InChI=1S/C14H16ClN3O/c1-9-17-7-13(6-16)18(9)8-11-5-12(15)4-10-2-3-19-14(10)11/h4-5,7H,2-3,6,8,16H2,1H3. The van der Waals surface area contributed by atoms with E-state index < -0.39 is 0 Å². The zero-order valence-corrected chi connectivity index (χ0v) is 11.6. The minimum Gasteiger partial charge on any atom is -0.493 e. The lowest BCUT2D eigenvalue weighted by Crippen LogP contribution is -2.10. The zero-order valence-electron chi connectivity index (χ0n) is 10.8. The number of ether oxygens (including phenoxy) is 1. The number of nitrogens with two attached hydrogens (primary N) is 1. The first-order valence-corrected chi connectivity index (χ1v) is 6.72. The summed E-state index contributed by atoms with van der Waals surface area (Å²) in [7, 11) is 0. The van der Waals surface area contributed by atoms with E-state index in [1.165, 1.54) is 5.56 Å². The fraction of sp³-hybridized carbons (Fsp3) is 0.357. The van der Waals surface area contributed by atoms with Crippen molar-refractivity contribution in [3.05, 3.63) is 46.0 Å². The smallest absolute Gasteiger partial charge is 0.127 e. The molecule has 1 aliphatic rings. The maximum Gasteiger partial charge on any atom is 0.127 e. The number of hydrogen-bond acceptors (Lipinski definition) is 3. The summed E-state index contributed by atoms with van der Waals surface area (Å²) in [6, 6.07) is 3.95. The van der Waals surface area contributed by atoms with Gasteiger partial charge < -0.3 is 15.0 Å². The third-order valence-electron chi connectivity index (χ3n) is 3.50. The van der Waals surface area contributed by atoms with Crippen molar-refractivity contribution in [3.63, 3.8) is 0 Å². The van der Waals surface area contributed by atoms with Crippen molar-refractivity contribution in [1.82, 2.24) is 9.55 Å². The quantitative estimate of drug-likeness (QED) is 0.936. The van der Waals surface area contributed by atoms with Crippen molar-refractivity contribution in [1.29, 1.82) is 0 Å². The molecule has 0 amide bonds. The van der Waals surface area contributed by atoms with Crippen LogP contribution < -0.4 is 10.5 Å². The Labute approximate surface area is 117 Å². The highest BCUT2D eigenvalue weighted by atomic mass is 35.5. The van der Waals surface area contributed by atoms with Crippen LogP contribution in [-0.2, 0) is 19.5 Å². The van der Waals surface area contributed by atoms with Gasteiger partial charge in [-0.3, -0.25) is 0 Å². The van der Waals surface area contributed by atoms with E-state index in [-0.39, 0.29) is 0 Å². The molecule has 1 aromatic carbocycles. The maximum atomic E-state index is 6.18. The molecule has 0 saturated carbocycles. The van der Waals surface area contributed by atoms with Gasteiger partial charge in [0.1, 0.15) is 11.6 Å². The van der Waals surface area contributed by atoms with E-state index in [1.807, 2.05) is 25.3 Å². The highest BCUT2D eigenvalue weighted by molar-refractivity contribution is 6.30. The average Bonchev–Trinajstić information content (AvgIpc) is 2.97. The molecule has 5 heteroatoms. The monoisotopic (exact) mass is 277 g/mol. The molecule has 0 aliphatic carbocycles. The Bertz CT molecular complexity index is 621. The summed E-state index contributed by atoms with van der Waals surface area (Å²) < 4.78 is 7.83. The number of hydrogen-bond donors (Lipinski definition) is 1. The molecule has 0 radical (unpaired) electrons. The van der Waals surface area contributed by atoms with Crippen molar-refractivity contribution >= 4 is 11.6 Å². The van der Waals surface area contributed by atoms with E-state index in [0.29, 0.717) is 13.1 Å². The Morgan fingerprint density at radius 2 is 2.32 bits per heavy atom. The number of aromatic nitrogens is 2. The molecule has 2 aromatic rings. The topological polar surface area (TPSA) is 53.1 Å². The summed E-state index contributed by atoms with van der Waals surface area (Å²) in [5, 5.41) is 0.756. The Kier molecular flexibility index (Phi) is 3.21. The molecule has 2 N–H and O–H groups in total. The highest BCUT2D eigenvalue weighted by Crippen LogP contribution is 2.33. The molecule has 0 bridgehead atoms. The highest BCUT2D eigenvalue weighted by Gasteiger charge is 2.18. The average molecular weight is 278 g/mol. The van der Waals surface area contributed by atoms with Crippen LogP contribution in [0.25, 0.3) is 0 Å². The van der Waals surface area contributed by atoms with Gasteiger partial charge in [-0.25, -0.2) is 4.98 Å². The fourth-order valence-corrected chi connectivity index (χ4v) is 2.79. The van der Waals surface area contributed by atoms with E-state index in [0.717, 1.165) is 40.9 Å². The van der Waals surface area contributed by atoms with Gasteiger partial charge in [-0.2, -0.15) is 0 Å². The third kappa shape index (κ3) is 2.22. The first kappa shape index (κ1) is 12.5. The number of halogens is 1. The van der Waals surface area contributed by atoms with Crippen LogP contribution in [0.4, 0.5) is 0 Å². The SMILES string of the molecule is Cc1ncc(CN)n1Cc1cc(Cl)cc2c1OCC2. The molecule has 0 spiro atoms. The Balaban J connectivity index is 2.02. The summed E-state index contributed by atoms with van der Waals surface area (Å²) in [6.07, 6.45) is 2.75. The van der Waals surface area contributed by atoms with Crippen molar-refractivity contribution < 1.29 is 4.74 Å². The predicted octanol–water partition coefficient (Wildman–Crippen LogP) is 2.29. The molecule has 2 heterocycles. The number of imidazole rings is 1. The molecule has 100 valence electrons. The normalized spacial score (nSPS) is 13.4. The van der Waals surface area contributed by atoms with Crippen LogP contribution in [0.5, 0.6) is 5.75 Å². The van der Waals surface area contributed by atoms with Crippen LogP contribution >= 0.6 is 11.6 Å². The molecule has 0 atom stereocenters. The number of benzene rings is 1. The molecule has 19 heavy (non-hydrogen) atoms. The lowest BCUT2D eigenvalue weighted by Gasteiger charge is -2.13. The van der Waals surface area contributed by atoms with Crippen LogP contribution in [0, 0.1) is 6.92 Å².